The van der Waals surface area contributed by atoms with E-state index in [1.807, 2.05) is 74.5 Å². The summed E-state index contributed by atoms with van der Waals surface area (Å²) in [5.74, 6) is -0.862. The molecule has 0 aliphatic heterocycles. The van der Waals surface area contributed by atoms with Gasteiger partial charge in [-0.2, -0.15) is 0 Å². The molecule has 1 N–H and O–H groups in total. The smallest absolute Gasteiger partial charge is 0.314 e. The molecule has 0 saturated carbocycles. The van der Waals surface area contributed by atoms with Gasteiger partial charge in [0.05, 0.1) is 5.92 Å². The molecule has 4 nitrogen and oxygen atoms in total. The fourth-order valence-corrected chi connectivity index (χ4v) is 2.67. The van der Waals surface area contributed by atoms with Crippen LogP contribution in [0.25, 0.3) is 0 Å². The van der Waals surface area contributed by atoms with Crippen molar-refractivity contribution in [1.82, 2.24) is 5.32 Å². The zero-order valence-corrected chi connectivity index (χ0v) is 14.8. The molecular formula is C21H25NO3. The lowest BCUT2D eigenvalue weighted by atomic mass is 9.86. The Hall–Kier alpha value is -2.62. The molecule has 25 heavy (non-hydrogen) atoms. The summed E-state index contributed by atoms with van der Waals surface area (Å²) in [5, 5.41) is 2.76. The molecule has 0 aliphatic rings. The highest BCUT2D eigenvalue weighted by Crippen LogP contribution is 2.28. The predicted octanol–water partition coefficient (Wildman–Crippen LogP) is 3.68. The second kappa shape index (κ2) is 9.62. The van der Waals surface area contributed by atoms with E-state index in [0.717, 1.165) is 17.5 Å². The number of hydrogen-bond donors (Lipinski definition) is 1. The first kappa shape index (κ1) is 18.7. The third kappa shape index (κ3) is 5.75. The molecule has 0 fully saturated rings. The molecule has 0 spiro atoms. The Morgan fingerprint density at radius 1 is 1.00 bits per heavy atom. The molecular weight excluding hydrogens is 314 g/mol. The molecule has 0 bridgehead atoms. The van der Waals surface area contributed by atoms with Gasteiger partial charge >= 0.3 is 5.97 Å². The number of ether oxygens (including phenoxy) is 1. The number of hydrogen-bond acceptors (Lipinski definition) is 3. The van der Waals surface area contributed by atoms with Crippen LogP contribution < -0.4 is 5.32 Å². The molecule has 4 heteroatoms. The number of carbonyl (C=O) groups excluding carboxylic acids is 2. The number of nitrogens with one attached hydrogen (secondary N) is 1. The number of benzene rings is 2. The van der Waals surface area contributed by atoms with Crippen LogP contribution in [0.5, 0.6) is 0 Å². The standard InChI is InChI=1S/C21H25NO3/c1-3-16(2)20(18-12-8-5-9-13-18)21(24)25-15-19(23)22-14-17-10-6-4-7-11-17/h4-13,16,20H,3,14-15H2,1-2H3,(H,22,23)/t16-,20+/m0/s1. The van der Waals surface area contributed by atoms with Crippen LogP contribution in [-0.4, -0.2) is 18.5 Å². The molecule has 1 amide bonds. The summed E-state index contributed by atoms with van der Waals surface area (Å²) in [7, 11) is 0. The minimum atomic E-state index is -0.354. The van der Waals surface area contributed by atoms with Crippen molar-refractivity contribution in [3.05, 3.63) is 71.8 Å². The monoisotopic (exact) mass is 339 g/mol. The van der Waals surface area contributed by atoms with Gasteiger partial charge in [0.25, 0.3) is 5.91 Å². The summed E-state index contributed by atoms with van der Waals surface area (Å²) in [6, 6.07) is 19.2. The second-order valence-corrected chi connectivity index (χ2v) is 6.14. The maximum atomic E-state index is 12.5. The Bertz CT molecular complexity index is 670. The van der Waals surface area contributed by atoms with Gasteiger partial charge in [-0.05, 0) is 17.0 Å². The minimum Gasteiger partial charge on any atom is -0.455 e. The van der Waals surface area contributed by atoms with E-state index in [1.54, 1.807) is 0 Å². The summed E-state index contributed by atoms with van der Waals surface area (Å²) in [4.78, 5) is 24.5. The first-order valence-corrected chi connectivity index (χ1v) is 8.64. The van der Waals surface area contributed by atoms with Gasteiger partial charge in [-0.25, -0.2) is 0 Å². The van der Waals surface area contributed by atoms with Crippen LogP contribution >= 0.6 is 0 Å². The van der Waals surface area contributed by atoms with Crippen molar-refractivity contribution < 1.29 is 14.3 Å². The largest absolute Gasteiger partial charge is 0.455 e. The third-order valence-electron chi connectivity index (χ3n) is 4.30. The summed E-state index contributed by atoms with van der Waals surface area (Å²) in [6.07, 6.45) is 0.856. The fraction of sp³-hybridized carbons (Fsp3) is 0.333. The van der Waals surface area contributed by atoms with Crippen LogP contribution in [0.15, 0.2) is 60.7 Å². The molecule has 0 saturated heterocycles. The van der Waals surface area contributed by atoms with E-state index in [4.69, 9.17) is 4.74 Å². The van der Waals surface area contributed by atoms with Gasteiger partial charge in [-0.15, -0.1) is 0 Å². The molecule has 0 heterocycles. The lowest BCUT2D eigenvalue weighted by Gasteiger charge is -2.21. The highest BCUT2D eigenvalue weighted by molar-refractivity contribution is 5.83. The fourth-order valence-electron chi connectivity index (χ4n) is 2.67. The average molecular weight is 339 g/mol. The van der Waals surface area contributed by atoms with Crippen molar-refractivity contribution in [2.45, 2.75) is 32.7 Å². The van der Waals surface area contributed by atoms with E-state index in [0.29, 0.717) is 6.54 Å². The van der Waals surface area contributed by atoms with E-state index in [1.165, 1.54) is 0 Å². The second-order valence-electron chi connectivity index (χ2n) is 6.14. The van der Waals surface area contributed by atoms with E-state index in [-0.39, 0.29) is 30.3 Å². The zero-order chi connectivity index (χ0) is 18.1. The number of rotatable bonds is 8. The van der Waals surface area contributed by atoms with Crippen molar-refractivity contribution in [3.63, 3.8) is 0 Å². The Labute approximate surface area is 149 Å². The van der Waals surface area contributed by atoms with E-state index in [9.17, 15) is 9.59 Å². The van der Waals surface area contributed by atoms with Crippen LogP contribution in [0.3, 0.4) is 0 Å². The Balaban J connectivity index is 1.89. The molecule has 0 radical (unpaired) electrons. The van der Waals surface area contributed by atoms with Crippen molar-refractivity contribution in [3.8, 4) is 0 Å². The quantitative estimate of drug-likeness (QED) is 0.747. The highest BCUT2D eigenvalue weighted by Gasteiger charge is 2.27. The first-order valence-electron chi connectivity index (χ1n) is 8.64. The Kier molecular flexibility index (Phi) is 7.20. The molecule has 2 atom stereocenters. The van der Waals surface area contributed by atoms with Gasteiger partial charge in [0.1, 0.15) is 0 Å². The third-order valence-corrected chi connectivity index (χ3v) is 4.30. The van der Waals surface area contributed by atoms with E-state index in [2.05, 4.69) is 5.32 Å². The lowest BCUT2D eigenvalue weighted by Crippen LogP contribution is -2.30. The summed E-state index contributed by atoms with van der Waals surface area (Å²) in [5.41, 5.74) is 1.93. The molecule has 2 aromatic rings. The molecule has 0 aliphatic carbocycles. The van der Waals surface area contributed by atoms with Crippen LogP contribution in [0.4, 0.5) is 0 Å². The van der Waals surface area contributed by atoms with Gasteiger partial charge in [0, 0.05) is 6.54 Å². The molecule has 0 unspecified atom stereocenters. The molecule has 132 valence electrons. The molecule has 2 rings (SSSR count). The summed E-state index contributed by atoms with van der Waals surface area (Å²) >= 11 is 0. The maximum Gasteiger partial charge on any atom is 0.314 e. The molecule has 0 aromatic heterocycles. The van der Waals surface area contributed by atoms with E-state index < -0.39 is 0 Å². The molecule has 2 aromatic carbocycles. The SMILES string of the molecule is CC[C@H](C)[C@@H](C(=O)OCC(=O)NCc1ccccc1)c1ccccc1. The zero-order valence-electron chi connectivity index (χ0n) is 14.8. The van der Waals surface area contributed by atoms with E-state index >= 15 is 0 Å². The Morgan fingerprint density at radius 3 is 2.20 bits per heavy atom. The van der Waals surface area contributed by atoms with Gasteiger partial charge in [0.15, 0.2) is 6.61 Å². The maximum absolute atomic E-state index is 12.5. The van der Waals surface area contributed by atoms with Gasteiger partial charge in [-0.1, -0.05) is 80.9 Å². The van der Waals surface area contributed by atoms with Crippen LogP contribution in [0.1, 0.15) is 37.3 Å². The van der Waals surface area contributed by atoms with Crippen molar-refractivity contribution in [2.75, 3.05) is 6.61 Å². The normalized spacial score (nSPS) is 12.9. The van der Waals surface area contributed by atoms with Crippen molar-refractivity contribution in [2.24, 2.45) is 5.92 Å². The summed E-state index contributed by atoms with van der Waals surface area (Å²) < 4.78 is 5.28. The number of amides is 1. The summed E-state index contributed by atoms with van der Waals surface area (Å²) in [6.45, 7) is 4.23. The Morgan fingerprint density at radius 2 is 1.60 bits per heavy atom. The number of carbonyl (C=O) groups is 2. The van der Waals surface area contributed by atoms with Gasteiger partial charge in [-0.3, -0.25) is 9.59 Å². The average Bonchev–Trinajstić information content (AvgIpc) is 2.66. The predicted molar refractivity (Wildman–Crippen MR) is 97.9 cm³/mol. The van der Waals surface area contributed by atoms with Gasteiger partial charge in [0.2, 0.25) is 0 Å². The minimum absolute atomic E-state index is 0.141. The van der Waals surface area contributed by atoms with Crippen molar-refractivity contribution >= 4 is 11.9 Å². The first-order chi connectivity index (χ1) is 12.1. The van der Waals surface area contributed by atoms with Crippen LogP contribution in [-0.2, 0) is 20.9 Å². The van der Waals surface area contributed by atoms with Crippen LogP contribution in [0, 0.1) is 5.92 Å². The van der Waals surface area contributed by atoms with Crippen LogP contribution in [0.2, 0.25) is 0 Å². The number of esters is 1. The topological polar surface area (TPSA) is 55.4 Å². The lowest BCUT2D eigenvalue weighted by molar-refractivity contribution is -0.151. The van der Waals surface area contributed by atoms with Crippen molar-refractivity contribution in [1.29, 1.82) is 0 Å². The van der Waals surface area contributed by atoms with Gasteiger partial charge < -0.3 is 10.1 Å². The highest BCUT2D eigenvalue weighted by atomic mass is 16.5.